The first-order chi connectivity index (χ1) is 8.31. The van der Waals surface area contributed by atoms with Crippen molar-refractivity contribution in [2.24, 2.45) is 5.92 Å². The fraction of sp³-hybridized carbons (Fsp3) is 0.667. The number of aromatic nitrogens is 2. The minimum Gasteiger partial charge on any atom is -0.365 e. The Kier molecular flexibility index (Phi) is 4.14. The summed E-state index contributed by atoms with van der Waals surface area (Å²) in [4.78, 5) is 16.1. The molecule has 1 fully saturated rings. The topological polar surface area (TPSA) is 59.0 Å². The molecule has 1 unspecified atom stereocenters. The Balaban J connectivity index is 1.99. The molecule has 1 aliphatic heterocycles. The minimum atomic E-state index is -0.0136. The Bertz CT molecular complexity index is 409. The van der Waals surface area contributed by atoms with Crippen LogP contribution in [0.15, 0.2) is 17.2 Å². The molecule has 2 heterocycles. The molecule has 1 saturated heterocycles. The molecule has 1 atom stereocenters. The van der Waals surface area contributed by atoms with E-state index in [0.717, 1.165) is 32.6 Å². The smallest absolute Gasteiger partial charge is 0.293 e. The maximum absolute atomic E-state index is 12.0. The standard InChI is InChI=1S/C12H20N4O/c1-2-6-16-7-5-14-11(12(16)17)15-9-10-3-4-13-8-10/h5,7,10,13H,2-4,6,8-9H2,1H3,(H,14,15). The van der Waals surface area contributed by atoms with Gasteiger partial charge in [-0.2, -0.15) is 0 Å². The highest BCUT2D eigenvalue weighted by Crippen LogP contribution is 2.07. The molecule has 94 valence electrons. The average Bonchev–Trinajstić information content (AvgIpc) is 2.83. The third-order valence-corrected chi connectivity index (χ3v) is 3.10. The molecule has 2 rings (SSSR count). The summed E-state index contributed by atoms with van der Waals surface area (Å²) < 4.78 is 1.71. The highest BCUT2D eigenvalue weighted by molar-refractivity contribution is 5.30. The first-order valence-corrected chi connectivity index (χ1v) is 6.31. The summed E-state index contributed by atoms with van der Waals surface area (Å²) in [6, 6.07) is 0. The molecule has 0 amide bonds. The van der Waals surface area contributed by atoms with Crippen molar-refractivity contribution in [3.63, 3.8) is 0 Å². The SMILES string of the molecule is CCCn1ccnc(NCC2CCNC2)c1=O. The van der Waals surface area contributed by atoms with Gasteiger partial charge >= 0.3 is 0 Å². The van der Waals surface area contributed by atoms with E-state index in [0.29, 0.717) is 11.7 Å². The zero-order valence-electron chi connectivity index (χ0n) is 10.3. The summed E-state index contributed by atoms with van der Waals surface area (Å²) in [6.07, 6.45) is 5.55. The van der Waals surface area contributed by atoms with Crippen molar-refractivity contribution in [2.45, 2.75) is 26.3 Å². The van der Waals surface area contributed by atoms with Crippen molar-refractivity contribution in [3.8, 4) is 0 Å². The van der Waals surface area contributed by atoms with Crippen LogP contribution in [0.3, 0.4) is 0 Å². The summed E-state index contributed by atoms with van der Waals surface area (Å²) in [7, 11) is 0. The number of rotatable bonds is 5. The quantitative estimate of drug-likeness (QED) is 0.789. The summed E-state index contributed by atoms with van der Waals surface area (Å²) in [5.41, 5.74) is -0.0136. The number of hydrogen-bond donors (Lipinski definition) is 2. The second kappa shape index (κ2) is 5.82. The Morgan fingerprint density at radius 2 is 2.53 bits per heavy atom. The van der Waals surface area contributed by atoms with E-state index in [-0.39, 0.29) is 5.56 Å². The number of nitrogens with one attached hydrogen (secondary N) is 2. The lowest BCUT2D eigenvalue weighted by Gasteiger charge is -2.11. The van der Waals surface area contributed by atoms with Crippen LogP contribution in [0.5, 0.6) is 0 Å². The van der Waals surface area contributed by atoms with E-state index in [1.54, 1.807) is 17.0 Å². The number of aryl methyl sites for hydroxylation is 1. The van der Waals surface area contributed by atoms with Gasteiger partial charge in [-0.1, -0.05) is 6.92 Å². The maximum atomic E-state index is 12.0. The van der Waals surface area contributed by atoms with Gasteiger partial charge in [0.2, 0.25) is 0 Å². The van der Waals surface area contributed by atoms with Crippen LogP contribution in [0.1, 0.15) is 19.8 Å². The summed E-state index contributed by atoms with van der Waals surface area (Å²) in [5, 5.41) is 6.48. The Hall–Kier alpha value is -1.36. The van der Waals surface area contributed by atoms with Crippen LogP contribution in [-0.2, 0) is 6.54 Å². The molecule has 1 aromatic rings. The van der Waals surface area contributed by atoms with E-state index < -0.39 is 0 Å². The lowest BCUT2D eigenvalue weighted by atomic mass is 10.1. The van der Waals surface area contributed by atoms with Crippen LogP contribution < -0.4 is 16.2 Å². The monoisotopic (exact) mass is 236 g/mol. The predicted molar refractivity (Wildman–Crippen MR) is 68.3 cm³/mol. The molecule has 17 heavy (non-hydrogen) atoms. The van der Waals surface area contributed by atoms with Crippen molar-refractivity contribution in [1.29, 1.82) is 0 Å². The molecule has 5 nitrogen and oxygen atoms in total. The van der Waals surface area contributed by atoms with Crippen molar-refractivity contribution in [2.75, 3.05) is 25.0 Å². The Labute approximate surface area is 101 Å². The maximum Gasteiger partial charge on any atom is 0.293 e. The first kappa shape index (κ1) is 12.1. The average molecular weight is 236 g/mol. The van der Waals surface area contributed by atoms with Gasteiger partial charge in [-0.15, -0.1) is 0 Å². The van der Waals surface area contributed by atoms with Crippen molar-refractivity contribution < 1.29 is 0 Å². The minimum absolute atomic E-state index is 0.0136. The first-order valence-electron chi connectivity index (χ1n) is 6.31. The second-order valence-corrected chi connectivity index (χ2v) is 4.51. The molecule has 5 heteroatoms. The lowest BCUT2D eigenvalue weighted by Crippen LogP contribution is -2.27. The van der Waals surface area contributed by atoms with E-state index in [1.165, 1.54) is 6.42 Å². The second-order valence-electron chi connectivity index (χ2n) is 4.51. The van der Waals surface area contributed by atoms with Gasteiger partial charge in [0, 0.05) is 25.5 Å². The summed E-state index contributed by atoms with van der Waals surface area (Å²) >= 11 is 0. The van der Waals surface area contributed by atoms with E-state index in [2.05, 4.69) is 22.5 Å². The van der Waals surface area contributed by atoms with Gasteiger partial charge in [0.1, 0.15) is 0 Å². The Morgan fingerprint density at radius 3 is 3.24 bits per heavy atom. The molecule has 2 N–H and O–H groups in total. The van der Waals surface area contributed by atoms with Crippen LogP contribution in [0, 0.1) is 5.92 Å². The molecular formula is C12H20N4O. The van der Waals surface area contributed by atoms with Gasteiger partial charge in [-0.05, 0) is 31.8 Å². The number of hydrogen-bond acceptors (Lipinski definition) is 4. The van der Waals surface area contributed by atoms with Gasteiger partial charge in [0.15, 0.2) is 5.82 Å². The molecule has 0 spiro atoms. The molecule has 0 aliphatic carbocycles. The largest absolute Gasteiger partial charge is 0.365 e. The van der Waals surface area contributed by atoms with E-state index in [1.807, 2.05) is 0 Å². The fourth-order valence-corrected chi connectivity index (χ4v) is 2.12. The molecular weight excluding hydrogens is 216 g/mol. The summed E-state index contributed by atoms with van der Waals surface area (Å²) in [6.45, 7) is 5.74. The molecule has 0 radical (unpaired) electrons. The van der Waals surface area contributed by atoms with E-state index in [9.17, 15) is 4.79 Å². The number of nitrogens with zero attached hydrogens (tertiary/aromatic N) is 2. The zero-order valence-corrected chi connectivity index (χ0v) is 10.3. The van der Waals surface area contributed by atoms with E-state index in [4.69, 9.17) is 0 Å². The van der Waals surface area contributed by atoms with Crippen molar-refractivity contribution >= 4 is 5.82 Å². The van der Waals surface area contributed by atoms with Crippen LogP contribution >= 0.6 is 0 Å². The van der Waals surface area contributed by atoms with Gasteiger partial charge in [0.25, 0.3) is 5.56 Å². The predicted octanol–water partition coefficient (Wildman–Crippen LogP) is 0.675. The molecule has 1 aliphatic rings. The van der Waals surface area contributed by atoms with Gasteiger partial charge in [-0.3, -0.25) is 4.79 Å². The van der Waals surface area contributed by atoms with Gasteiger partial charge in [0.05, 0.1) is 0 Å². The number of anilines is 1. The van der Waals surface area contributed by atoms with Gasteiger partial charge < -0.3 is 15.2 Å². The van der Waals surface area contributed by atoms with Crippen LogP contribution in [-0.4, -0.2) is 29.2 Å². The highest BCUT2D eigenvalue weighted by Gasteiger charge is 2.14. The molecule has 0 aromatic carbocycles. The molecule has 0 saturated carbocycles. The lowest BCUT2D eigenvalue weighted by molar-refractivity contribution is 0.609. The van der Waals surface area contributed by atoms with Crippen molar-refractivity contribution in [1.82, 2.24) is 14.9 Å². The summed E-state index contributed by atoms with van der Waals surface area (Å²) in [5.74, 6) is 1.09. The fourth-order valence-electron chi connectivity index (χ4n) is 2.12. The zero-order chi connectivity index (χ0) is 12.1. The van der Waals surface area contributed by atoms with Crippen molar-refractivity contribution in [3.05, 3.63) is 22.7 Å². The van der Waals surface area contributed by atoms with Crippen LogP contribution in [0.2, 0.25) is 0 Å². The highest BCUT2D eigenvalue weighted by atomic mass is 16.1. The third-order valence-electron chi connectivity index (χ3n) is 3.10. The van der Waals surface area contributed by atoms with Crippen LogP contribution in [0.25, 0.3) is 0 Å². The van der Waals surface area contributed by atoms with Gasteiger partial charge in [-0.25, -0.2) is 4.98 Å². The third kappa shape index (κ3) is 3.06. The molecule has 1 aromatic heterocycles. The molecule has 0 bridgehead atoms. The van der Waals surface area contributed by atoms with Crippen LogP contribution in [0.4, 0.5) is 5.82 Å². The Morgan fingerprint density at radius 1 is 1.65 bits per heavy atom. The normalized spacial score (nSPS) is 19.5. The van der Waals surface area contributed by atoms with E-state index >= 15 is 0 Å².